The first-order valence-electron chi connectivity index (χ1n) is 7.71. The predicted octanol–water partition coefficient (Wildman–Crippen LogP) is 4.07. The van der Waals surface area contributed by atoms with E-state index in [9.17, 15) is 4.79 Å². The number of benzene rings is 2. The molecular weight excluding hydrogens is 324 g/mol. The van der Waals surface area contributed by atoms with Crippen LogP contribution in [0, 0.1) is 0 Å². The number of thiocarbonyl (C=S) groups is 1. The second kappa shape index (κ2) is 8.88. The summed E-state index contributed by atoms with van der Waals surface area (Å²) < 4.78 is 10.5. The maximum absolute atomic E-state index is 11.8. The van der Waals surface area contributed by atoms with Gasteiger partial charge in [-0.3, -0.25) is 0 Å². The molecule has 0 aliphatic carbocycles. The Labute approximate surface area is 147 Å². The van der Waals surface area contributed by atoms with E-state index >= 15 is 0 Å². The average molecular weight is 344 g/mol. The summed E-state index contributed by atoms with van der Waals surface area (Å²) in [4.78, 5) is 11.8. The van der Waals surface area contributed by atoms with Crippen LogP contribution in [0.3, 0.4) is 0 Å². The van der Waals surface area contributed by atoms with Crippen molar-refractivity contribution in [1.29, 1.82) is 0 Å². The van der Waals surface area contributed by atoms with E-state index < -0.39 is 0 Å². The van der Waals surface area contributed by atoms with Crippen molar-refractivity contribution >= 4 is 34.7 Å². The van der Waals surface area contributed by atoms with E-state index in [0.717, 1.165) is 11.4 Å². The van der Waals surface area contributed by atoms with E-state index in [2.05, 4.69) is 10.6 Å². The molecule has 0 bridgehead atoms. The summed E-state index contributed by atoms with van der Waals surface area (Å²) in [7, 11) is 0. The van der Waals surface area contributed by atoms with E-state index in [1.165, 1.54) is 0 Å². The lowest BCUT2D eigenvalue weighted by atomic mass is 10.2. The second-order valence-corrected chi connectivity index (χ2v) is 5.22. The van der Waals surface area contributed by atoms with E-state index in [1.807, 2.05) is 37.3 Å². The highest BCUT2D eigenvalue weighted by atomic mass is 32.1. The molecule has 2 aromatic rings. The van der Waals surface area contributed by atoms with Gasteiger partial charge in [0.2, 0.25) is 0 Å². The minimum absolute atomic E-state index is 0.338. The molecule has 126 valence electrons. The zero-order valence-corrected chi connectivity index (χ0v) is 14.5. The predicted molar refractivity (Wildman–Crippen MR) is 99.9 cm³/mol. The molecule has 0 heterocycles. The van der Waals surface area contributed by atoms with E-state index in [4.69, 9.17) is 21.7 Å². The van der Waals surface area contributed by atoms with Crippen molar-refractivity contribution in [2.45, 2.75) is 13.8 Å². The largest absolute Gasteiger partial charge is 0.492 e. The van der Waals surface area contributed by atoms with Crippen LogP contribution in [-0.2, 0) is 4.74 Å². The van der Waals surface area contributed by atoms with Crippen LogP contribution in [0.1, 0.15) is 24.2 Å². The van der Waals surface area contributed by atoms with Crippen LogP contribution in [0.2, 0.25) is 0 Å². The van der Waals surface area contributed by atoms with Gasteiger partial charge in [0, 0.05) is 5.69 Å². The quantitative estimate of drug-likeness (QED) is 0.608. The Balaban J connectivity index is 2.05. The number of rotatable bonds is 6. The molecule has 5 nitrogen and oxygen atoms in total. The summed E-state index contributed by atoms with van der Waals surface area (Å²) in [6, 6.07) is 14.5. The van der Waals surface area contributed by atoms with Gasteiger partial charge in [0.05, 0.1) is 24.5 Å². The van der Waals surface area contributed by atoms with Gasteiger partial charge < -0.3 is 20.1 Å². The molecule has 2 aromatic carbocycles. The van der Waals surface area contributed by atoms with Crippen LogP contribution < -0.4 is 15.4 Å². The van der Waals surface area contributed by atoms with Crippen molar-refractivity contribution in [3.05, 3.63) is 54.1 Å². The Morgan fingerprint density at radius 1 is 1.04 bits per heavy atom. The maximum Gasteiger partial charge on any atom is 0.338 e. The van der Waals surface area contributed by atoms with Crippen LogP contribution in [0.15, 0.2) is 48.5 Å². The maximum atomic E-state index is 11.8. The van der Waals surface area contributed by atoms with Crippen molar-refractivity contribution in [3.8, 4) is 5.75 Å². The summed E-state index contributed by atoms with van der Waals surface area (Å²) in [6.45, 7) is 4.61. The van der Waals surface area contributed by atoms with Crippen LogP contribution in [0.25, 0.3) is 0 Å². The molecule has 0 aliphatic heterocycles. The van der Waals surface area contributed by atoms with Crippen molar-refractivity contribution < 1.29 is 14.3 Å². The number of hydrogen-bond donors (Lipinski definition) is 2. The van der Waals surface area contributed by atoms with Crippen LogP contribution in [0.4, 0.5) is 11.4 Å². The molecule has 6 heteroatoms. The van der Waals surface area contributed by atoms with E-state index in [0.29, 0.717) is 29.6 Å². The normalized spacial score (nSPS) is 9.92. The molecule has 0 spiro atoms. The van der Waals surface area contributed by atoms with Crippen molar-refractivity contribution in [1.82, 2.24) is 0 Å². The van der Waals surface area contributed by atoms with Crippen molar-refractivity contribution in [3.63, 3.8) is 0 Å². The van der Waals surface area contributed by atoms with Gasteiger partial charge in [-0.15, -0.1) is 0 Å². The first-order valence-corrected chi connectivity index (χ1v) is 8.12. The molecule has 0 unspecified atom stereocenters. The number of anilines is 2. The zero-order chi connectivity index (χ0) is 17.4. The summed E-state index contributed by atoms with van der Waals surface area (Å²) in [5.41, 5.74) is 1.95. The van der Waals surface area contributed by atoms with Crippen LogP contribution >= 0.6 is 12.2 Å². The summed E-state index contributed by atoms with van der Waals surface area (Å²) in [5.74, 6) is 0.367. The lowest BCUT2D eigenvalue weighted by Gasteiger charge is -2.14. The van der Waals surface area contributed by atoms with Gasteiger partial charge in [-0.2, -0.15) is 0 Å². The topological polar surface area (TPSA) is 59.6 Å². The lowest BCUT2D eigenvalue weighted by molar-refractivity contribution is 0.0526. The zero-order valence-electron chi connectivity index (χ0n) is 13.7. The molecule has 2 rings (SSSR count). The number of hydrogen-bond acceptors (Lipinski definition) is 4. The first-order chi connectivity index (χ1) is 11.6. The minimum Gasteiger partial charge on any atom is -0.492 e. The Bertz CT molecular complexity index is 719. The summed E-state index contributed by atoms with van der Waals surface area (Å²) in [6.07, 6.45) is 0. The van der Waals surface area contributed by atoms with E-state index in [1.54, 1.807) is 25.1 Å². The second-order valence-electron chi connectivity index (χ2n) is 4.81. The Morgan fingerprint density at radius 2 is 1.83 bits per heavy atom. The minimum atomic E-state index is -0.360. The highest BCUT2D eigenvalue weighted by Gasteiger charge is 2.08. The molecule has 0 amide bonds. The van der Waals surface area contributed by atoms with Crippen molar-refractivity contribution in [2.24, 2.45) is 0 Å². The fourth-order valence-electron chi connectivity index (χ4n) is 2.07. The van der Waals surface area contributed by atoms with Gasteiger partial charge in [0.15, 0.2) is 5.11 Å². The monoisotopic (exact) mass is 344 g/mol. The number of para-hydroxylation sites is 2. The number of ether oxygens (including phenoxy) is 2. The number of esters is 1. The number of nitrogens with one attached hydrogen (secondary N) is 2. The summed E-state index contributed by atoms with van der Waals surface area (Å²) in [5, 5.41) is 6.56. The van der Waals surface area contributed by atoms with Gasteiger partial charge in [-0.1, -0.05) is 18.2 Å². The van der Waals surface area contributed by atoms with Gasteiger partial charge in [0.1, 0.15) is 5.75 Å². The third kappa shape index (κ3) is 4.96. The van der Waals surface area contributed by atoms with E-state index in [-0.39, 0.29) is 5.97 Å². The van der Waals surface area contributed by atoms with Gasteiger partial charge in [-0.25, -0.2) is 4.79 Å². The smallest absolute Gasteiger partial charge is 0.338 e. The molecule has 2 N–H and O–H groups in total. The highest BCUT2D eigenvalue weighted by Crippen LogP contribution is 2.24. The molecule has 0 aromatic heterocycles. The summed E-state index contributed by atoms with van der Waals surface area (Å²) >= 11 is 5.33. The Kier molecular flexibility index (Phi) is 6.57. The van der Waals surface area contributed by atoms with Gasteiger partial charge >= 0.3 is 5.97 Å². The Hall–Kier alpha value is -2.60. The van der Waals surface area contributed by atoms with Crippen LogP contribution in [0.5, 0.6) is 5.75 Å². The first kappa shape index (κ1) is 17.7. The lowest BCUT2D eigenvalue weighted by Crippen LogP contribution is -2.20. The van der Waals surface area contributed by atoms with Crippen LogP contribution in [-0.4, -0.2) is 24.3 Å². The molecule has 0 saturated heterocycles. The SMILES string of the molecule is CCOC(=O)c1cccc(NC(=S)Nc2ccccc2OCC)c1. The molecule has 0 atom stereocenters. The molecule has 0 fully saturated rings. The van der Waals surface area contributed by atoms with Crippen molar-refractivity contribution in [2.75, 3.05) is 23.8 Å². The highest BCUT2D eigenvalue weighted by molar-refractivity contribution is 7.80. The number of carbonyl (C=O) groups is 1. The van der Waals surface area contributed by atoms with Gasteiger partial charge in [-0.05, 0) is 56.4 Å². The standard InChI is InChI=1S/C18H20N2O3S/c1-3-22-16-11-6-5-10-15(16)20-18(24)19-14-9-7-8-13(12-14)17(21)23-4-2/h5-12H,3-4H2,1-2H3,(H2,19,20,24). The fraction of sp³-hybridized carbons (Fsp3) is 0.222. The fourth-order valence-corrected chi connectivity index (χ4v) is 2.30. The average Bonchev–Trinajstić information content (AvgIpc) is 2.57. The third-order valence-corrected chi connectivity index (χ3v) is 3.27. The molecule has 24 heavy (non-hydrogen) atoms. The molecule has 0 saturated carbocycles. The molecule has 0 aliphatic rings. The molecular formula is C18H20N2O3S. The third-order valence-electron chi connectivity index (χ3n) is 3.07. The number of carbonyl (C=O) groups excluding carboxylic acids is 1. The Morgan fingerprint density at radius 3 is 2.58 bits per heavy atom. The van der Waals surface area contributed by atoms with Gasteiger partial charge in [0.25, 0.3) is 0 Å². The molecule has 0 radical (unpaired) electrons.